The lowest BCUT2D eigenvalue weighted by molar-refractivity contribution is 0.112. The molecular formula is C19H21N5OS. The molecule has 2 aromatic heterocycles. The summed E-state index contributed by atoms with van der Waals surface area (Å²) in [5.41, 5.74) is 1.60. The van der Waals surface area contributed by atoms with Gasteiger partial charge in [0.25, 0.3) is 0 Å². The summed E-state index contributed by atoms with van der Waals surface area (Å²) < 4.78 is 1.25. The first kappa shape index (κ1) is 17.1. The fourth-order valence-corrected chi connectivity index (χ4v) is 4.21. The number of benzene rings is 1. The SMILES string of the molecule is O=Cc1cnc(N2CCC(CNCc3nc4ccccc4s3)CC2)nc1. The van der Waals surface area contributed by atoms with Gasteiger partial charge in [0.05, 0.1) is 15.8 Å². The van der Waals surface area contributed by atoms with Crippen LogP contribution in [0.5, 0.6) is 0 Å². The molecule has 0 amide bonds. The smallest absolute Gasteiger partial charge is 0.225 e. The molecule has 3 heterocycles. The Morgan fingerprint density at radius 2 is 1.96 bits per heavy atom. The Hall–Kier alpha value is -2.38. The molecule has 0 bridgehead atoms. The maximum Gasteiger partial charge on any atom is 0.225 e. The van der Waals surface area contributed by atoms with Gasteiger partial charge in [0.1, 0.15) is 5.01 Å². The number of carbonyl (C=O) groups is 1. The second kappa shape index (κ2) is 7.88. The molecule has 0 radical (unpaired) electrons. The van der Waals surface area contributed by atoms with Crippen molar-refractivity contribution < 1.29 is 4.79 Å². The summed E-state index contributed by atoms with van der Waals surface area (Å²) >= 11 is 1.76. The van der Waals surface area contributed by atoms with E-state index >= 15 is 0 Å². The molecule has 0 saturated carbocycles. The van der Waals surface area contributed by atoms with E-state index in [4.69, 9.17) is 0 Å². The largest absolute Gasteiger partial charge is 0.341 e. The highest BCUT2D eigenvalue weighted by molar-refractivity contribution is 7.18. The number of rotatable bonds is 6. The molecule has 1 N–H and O–H groups in total. The van der Waals surface area contributed by atoms with Gasteiger partial charge in [-0.15, -0.1) is 11.3 Å². The van der Waals surface area contributed by atoms with Crippen LogP contribution in [0.15, 0.2) is 36.7 Å². The van der Waals surface area contributed by atoms with Crippen LogP contribution in [0.1, 0.15) is 28.2 Å². The molecule has 4 rings (SSSR count). The Balaban J connectivity index is 1.24. The zero-order chi connectivity index (χ0) is 17.8. The molecule has 134 valence electrons. The highest BCUT2D eigenvalue weighted by Crippen LogP contribution is 2.22. The predicted molar refractivity (Wildman–Crippen MR) is 104 cm³/mol. The molecule has 0 aliphatic carbocycles. The Bertz CT molecular complexity index is 838. The number of aldehydes is 1. The number of hydrogen-bond donors (Lipinski definition) is 1. The van der Waals surface area contributed by atoms with Gasteiger partial charge in [-0.05, 0) is 37.4 Å². The third-order valence-corrected chi connectivity index (χ3v) is 5.78. The van der Waals surface area contributed by atoms with Crippen LogP contribution in [0, 0.1) is 5.92 Å². The Labute approximate surface area is 156 Å². The molecule has 3 aromatic rings. The first-order valence-corrected chi connectivity index (χ1v) is 9.71. The zero-order valence-corrected chi connectivity index (χ0v) is 15.3. The molecule has 26 heavy (non-hydrogen) atoms. The van der Waals surface area contributed by atoms with Crippen LogP contribution in [-0.2, 0) is 6.54 Å². The van der Waals surface area contributed by atoms with Crippen molar-refractivity contribution in [2.45, 2.75) is 19.4 Å². The van der Waals surface area contributed by atoms with Crippen molar-refractivity contribution in [2.24, 2.45) is 5.92 Å². The van der Waals surface area contributed by atoms with E-state index in [0.29, 0.717) is 11.5 Å². The van der Waals surface area contributed by atoms with Gasteiger partial charge in [0.2, 0.25) is 5.95 Å². The molecule has 1 aliphatic heterocycles. The molecule has 0 unspecified atom stereocenters. The van der Waals surface area contributed by atoms with Crippen LogP contribution >= 0.6 is 11.3 Å². The van der Waals surface area contributed by atoms with E-state index in [2.05, 4.69) is 43.4 Å². The van der Waals surface area contributed by atoms with Crippen molar-refractivity contribution in [1.82, 2.24) is 20.3 Å². The number of carbonyl (C=O) groups excluding carboxylic acids is 1. The number of thiazole rings is 1. The summed E-state index contributed by atoms with van der Waals surface area (Å²) in [7, 11) is 0. The van der Waals surface area contributed by atoms with Crippen LogP contribution in [0.3, 0.4) is 0 Å². The van der Waals surface area contributed by atoms with Crippen molar-refractivity contribution in [2.75, 3.05) is 24.5 Å². The Morgan fingerprint density at radius 1 is 1.19 bits per heavy atom. The fourth-order valence-electron chi connectivity index (χ4n) is 3.27. The van der Waals surface area contributed by atoms with E-state index in [9.17, 15) is 4.79 Å². The number of piperidine rings is 1. The van der Waals surface area contributed by atoms with E-state index in [-0.39, 0.29) is 0 Å². The third kappa shape index (κ3) is 3.89. The summed E-state index contributed by atoms with van der Waals surface area (Å²) in [5, 5.41) is 4.71. The summed E-state index contributed by atoms with van der Waals surface area (Å²) in [6.07, 6.45) is 6.17. The average Bonchev–Trinajstić information content (AvgIpc) is 3.11. The number of aromatic nitrogens is 3. The van der Waals surface area contributed by atoms with Crippen LogP contribution in [-0.4, -0.2) is 40.9 Å². The average molecular weight is 367 g/mol. The van der Waals surface area contributed by atoms with Crippen LogP contribution in [0.4, 0.5) is 5.95 Å². The number of nitrogens with zero attached hydrogens (tertiary/aromatic N) is 4. The van der Waals surface area contributed by atoms with Gasteiger partial charge in [0.15, 0.2) is 6.29 Å². The Morgan fingerprint density at radius 3 is 2.69 bits per heavy atom. The lowest BCUT2D eigenvalue weighted by atomic mass is 9.97. The van der Waals surface area contributed by atoms with Crippen LogP contribution in [0.2, 0.25) is 0 Å². The predicted octanol–water partition coefficient (Wildman–Crippen LogP) is 2.91. The van der Waals surface area contributed by atoms with E-state index in [1.54, 1.807) is 23.7 Å². The maximum atomic E-state index is 10.7. The van der Waals surface area contributed by atoms with Gasteiger partial charge in [-0.3, -0.25) is 4.79 Å². The monoisotopic (exact) mass is 367 g/mol. The standard InChI is InChI=1S/C19H21N5OS/c25-13-15-10-21-19(22-11-15)24-7-5-14(6-8-24)9-20-12-18-23-16-3-1-2-4-17(16)26-18/h1-4,10-11,13-14,20H,5-9,12H2. The van der Waals surface area contributed by atoms with Crippen LogP contribution in [0.25, 0.3) is 10.2 Å². The normalized spacial score (nSPS) is 15.5. The summed E-state index contributed by atoms with van der Waals surface area (Å²) in [6.45, 7) is 3.74. The van der Waals surface area contributed by atoms with Crippen molar-refractivity contribution in [1.29, 1.82) is 0 Å². The molecule has 1 aliphatic rings. The Kier molecular flexibility index (Phi) is 5.17. The number of anilines is 1. The molecule has 1 saturated heterocycles. The quantitative estimate of drug-likeness (QED) is 0.676. The van der Waals surface area contributed by atoms with E-state index in [1.165, 1.54) is 4.70 Å². The van der Waals surface area contributed by atoms with Crippen molar-refractivity contribution in [3.63, 3.8) is 0 Å². The minimum absolute atomic E-state index is 0.516. The van der Waals surface area contributed by atoms with Crippen molar-refractivity contribution in [3.8, 4) is 0 Å². The van der Waals surface area contributed by atoms with Gasteiger partial charge in [-0.1, -0.05) is 12.1 Å². The zero-order valence-electron chi connectivity index (χ0n) is 14.5. The number of nitrogens with one attached hydrogen (secondary N) is 1. The number of para-hydroxylation sites is 1. The van der Waals surface area contributed by atoms with Crippen LogP contribution < -0.4 is 10.2 Å². The summed E-state index contributed by atoms with van der Waals surface area (Å²) in [4.78, 5) is 26.1. The lowest BCUT2D eigenvalue weighted by Gasteiger charge is -2.32. The highest BCUT2D eigenvalue weighted by atomic mass is 32.1. The molecule has 1 fully saturated rings. The lowest BCUT2D eigenvalue weighted by Crippen LogP contribution is -2.38. The molecule has 1 aromatic carbocycles. The topological polar surface area (TPSA) is 71.0 Å². The summed E-state index contributed by atoms with van der Waals surface area (Å²) in [6, 6.07) is 8.27. The van der Waals surface area contributed by atoms with Gasteiger partial charge >= 0.3 is 0 Å². The minimum atomic E-state index is 0.516. The summed E-state index contributed by atoms with van der Waals surface area (Å²) in [5.74, 6) is 1.38. The van der Waals surface area contributed by atoms with Gasteiger partial charge in [-0.2, -0.15) is 0 Å². The maximum absolute atomic E-state index is 10.7. The molecule has 6 nitrogen and oxygen atoms in total. The van der Waals surface area contributed by atoms with E-state index in [1.807, 2.05) is 6.07 Å². The van der Waals surface area contributed by atoms with Gasteiger partial charge in [0, 0.05) is 32.0 Å². The molecule has 0 spiro atoms. The van der Waals surface area contributed by atoms with E-state index in [0.717, 1.165) is 61.8 Å². The second-order valence-corrected chi connectivity index (χ2v) is 7.69. The number of fused-ring (bicyclic) bond motifs is 1. The third-order valence-electron chi connectivity index (χ3n) is 4.74. The first-order chi connectivity index (χ1) is 12.8. The van der Waals surface area contributed by atoms with Crippen molar-refractivity contribution in [3.05, 3.63) is 47.2 Å². The molecule has 0 atom stereocenters. The number of hydrogen-bond acceptors (Lipinski definition) is 7. The minimum Gasteiger partial charge on any atom is -0.341 e. The van der Waals surface area contributed by atoms with Gasteiger partial charge < -0.3 is 10.2 Å². The van der Waals surface area contributed by atoms with Gasteiger partial charge in [-0.25, -0.2) is 15.0 Å². The molecule has 7 heteroatoms. The highest BCUT2D eigenvalue weighted by Gasteiger charge is 2.20. The van der Waals surface area contributed by atoms with Crippen molar-refractivity contribution >= 4 is 33.8 Å². The molecular weight excluding hydrogens is 346 g/mol. The second-order valence-electron chi connectivity index (χ2n) is 6.57. The first-order valence-electron chi connectivity index (χ1n) is 8.89. The fraction of sp³-hybridized carbons (Fsp3) is 0.368. The van der Waals surface area contributed by atoms with E-state index < -0.39 is 0 Å².